The van der Waals surface area contributed by atoms with E-state index in [4.69, 9.17) is 0 Å². The zero-order valence-corrected chi connectivity index (χ0v) is 12.9. The smallest absolute Gasteiger partial charge is 0.188 e. The molecule has 0 amide bonds. The lowest BCUT2D eigenvalue weighted by molar-refractivity contribution is 1.34. The quantitative estimate of drug-likeness (QED) is 0.735. The van der Waals surface area contributed by atoms with Crippen molar-refractivity contribution in [3.63, 3.8) is 0 Å². The van der Waals surface area contributed by atoms with Gasteiger partial charge in [-0.1, -0.05) is 15.9 Å². The zero-order valence-electron chi connectivity index (χ0n) is 7.30. The van der Waals surface area contributed by atoms with E-state index in [9.17, 15) is 0 Å². The molecule has 2 aromatic rings. The topological polar surface area (TPSA) is 24.9 Å². The lowest BCUT2D eigenvalue weighted by Gasteiger charge is -2.05. The Kier molecular flexibility index (Phi) is 3.82. The van der Waals surface area contributed by atoms with Crippen LogP contribution < -0.4 is 5.32 Å². The molecule has 0 fully saturated rings. The van der Waals surface area contributed by atoms with Gasteiger partial charge in [-0.05, 0) is 50.1 Å². The van der Waals surface area contributed by atoms with Crippen LogP contribution >= 0.6 is 59.1 Å². The number of hydrogen-bond donors (Lipinski definition) is 1. The standard InChI is InChI=1S/C9H5Br3N2S/c10-5-1-2-6(11)7(3-5)13-9-14-8(12)4-15-9/h1-4H,(H,13,14). The Labute approximate surface area is 117 Å². The highest BCUT2D eigenvalue weighted by atomic mass is 79.9. The van der Waals surface area contributed by atoms with E-state index in [0.29, 0.717) is 0 Å². The molecule has 0 aliphatic heterocycles. The third-order valence-electron chi connectivity index (χ3n) is 1.65. The van der Waals surface area contributed by atoms with Crippen LogP contribution in [0.3, 0.4) is 0 Å². The molecule has 0 spiro atoms. The second kappa shape index (κ2) is 4.95. The highest BCUT2D eigenvalue weighted by Crippen LogP contribution is 2.30. The molecule has 2 rings (SSSR count). The van der Waals surface area contributed by atoms with Crippen molar-refractivity contribution in [2.75, 3.05) is 5.32 Å². The summed E-state index contributed by atoms with van der Waals surface area (Å²) in [4.78, 5) is 4.26. The predicted molar refractivity (Wildman–Crippen MR) is 74.9 cm³/mol. The Balaban J connectivity index is 2.27. The summed E-state index contributed by atoms with van der Waals surface area (Å²) in [6.07, 6.45) is 0. The summed E-state index contributed by atoms with van der Waals surface area (Å²) >= 11 is 11.8. The second-order valence-corrected chi connectivity index (χ2v) is 6.17. The van der Waals surface area contributed by atoms with Gasteiger partial charge in [-0.3, -0.25) is 0 Å². The van der Waals surface area contributed by atoms with E-state index in [2.05, 4.69) is 58.1 Å². The molecule has 0 unspecified atom stereocenters. The Morgan fingerprint density at radius 3 is 2.67 bits per heavy atom. The fourth-order valence-corrected chi connectivity index (χ4v) is 2.88. The summed E-state index contributed by atoms with van der Waals surface area (Å²) in [7, 11) is 0. The molecule has 0 aliphatic carbocycles. The van der Waals surface area contributed by atoms with Gasteiger partial charge in [0.15, 0.2) is 5.13 Å². The molecule has 1 N–H and O–H groups in total. The molecule has 15 heavy (non-hydrogen) atoms. The van der Waals surface area contributed by atoms with E-state index in [0.717, 1.165) is 24.4 Å². The third-order valence-corrected chi connectivity index (χ3v) is 4.30. The number of hydrogen-bond acceptors (Lipinski definition) is 3. The first-order valence-corrected chi connectivity index (χ1v) is 7.24. The zero-order chi connectivity index (χ0) is 10.8. The van der Waals surface area contributed by atoms with Gasteiger partial charge in [0, 0.05) is 14.3 Å². The molecule has 1 aromatic heterocycles. The number of benzene rings is 1. The van der Waals surface area contributed by atoms with Gasteiger partial charge in [0.25, 0.3) is 0 Å². The van der Waals surface area contributed by atoms with Crippen LogP contribution in [0, 0.1) is 0 Å². The van der Waals surface area contributed by atoms with Gasteiger partial charge in [0.1, 0.15) is 4.60 Å². The molecular formula is C9H5Br3N2S. The van der Waals surface area contributed by atoms with Crippen LogP contribution in [-0.2, 0) is 0 Å². The highest BCUT2D eigenvalue weighted by Gasteiger charge is 2.04. The summed E-state index contributed by atoms with van der Waals surface area (Å²) in [5.41, 5.74) is 0.992. The van der Waals surface area contributed by atoms with Crippen LogP contribution in [0.25, 0.3) is 0 Å². The number of anilines is 2. The van der Waals surface area contributed by atoms with Crippen LogP contribution in [0.1, 0.15) is 0 Å². The van der Waals surface area contributed by atoms with Crippen molar-refractivity contribution in [3.05, 3.63) is 37.1 Å². The van der Waals surface area contributed by atoms with E-state index in [-0.39, 0.29) is 0 Å². The first-order chi connectivity index (χ1) is 7.15. The maximum Gasteiger partial charge on any atom is 0.188 e. The SMILES string of the molecule is Brc1ccc(Br)c(Nc2nc(Br)cs2)c1. The molecule has 0 radical (unpaired) electrons. The first kappa shape index (κ1) is 11.6. The van der Waals surface area contributed by atoms with Crippen molar-refractivity contribution in [2.45, 2.75) is 0 Å². The molecule has 78 valence electrons. The normalized spacial score (nSPS) is 10.3. The van der Waals surface area contributed by atoms with Crippen LogP contribution in [0.15, 0.2) is 37.1 Å². The summed E-state index contributed by atoms with van der Waals surface area (Å²) < 4.78 is 2.89. The summed E-state index contributed by atoms with van der Waals surface area (Å²) in [6.45, 7) is 0. The maximum absolute atomic E-state index is 4.26. The van der Waals surface area contributed by atoms with Crippen LogP contribution in [-0.4, -0.2) is 4.98 Å². The molecule has 0 saturated carbocycles. The summed E-state index contributed by atoms with van der Waals surface area (Å²) in [5, 5.41) is 6.03. The van der Waals surface area contributed by atoms with E-state index < -0.39 is 0 Å². The van der Waals surface area contributed by atoms with Crippen LogP contribution in [0.2, 0.25) is 0 Å². The third kappa shape index (κ3) is 3.03. The van der Waals surface area contributed by atoms with Crippen molar-refractivity contribution in [2.24, 2.45) is 0 Å². The molecular weight excluding hydrogens is 408 g/mol. The highest BCUT2D eigenvalue weighted by molar-refractivity contribution is 9.11. The molecule has 6 heteroatoms. The molecule has 0 bridgehead atoms. The Morgan fingerprint density at radius 2 is 2.00 bits per heavy atom. The maximum atomic E-state index is 4.26. The number of aromatic nitrogens is 1. The Bertz CT molecular complexity index is 484. The Morgan fingerprint density at radius 1 is 1.20 bits per heavy atom. The van der Waals surface area contributed by atoms with Crippen molar-refractivity contribution >= 4 is 69.9 Å². The van der Waals surface area contributed by atoms with Gasteiger partial charge in [-0.2, -0.15) is 0 Å². The minimum absolute atomic E-state index is 0.848. The first-order valence-electron chi connectivity index (χ1n) is 3.98. The number of rotatable bonds is 2. The lowest BCUT2D eigenvalue weighted by Crippen LogP contribution is -1.90. The molecule has 1 aromatic carbocycles. The fourth-order valence-electron chi connectivity index (χ4n) is 1.02. The minimum Gasteiger partial charge on any atom is -0.331 e. The average Bonchev–Trinajstić information content (AvgIpc) is 2.58. The monoisotopic (exact) mass is 410 g/mol. The van der Waals surface area contributed by atoms with E-state index in [1.807, 2.05) is 23.6 Å². The van der Waals surface area contributed by atoms with Crippen molar-refractivity contribution in [1.29, 1.82) is 0 Å². The molecule has 2 nitrogen and oxygen atoms in total. The molecule has 0 saturated heterocycles. The van der Waals surface area contributed by atoms with Crippen LogP contribution in [0.4, 0.5) is 10.8 Å². The van der Waals surface area contributed by atoms with Gasteiger partial charge in [-0.25, -0.2) is 4.98 Å². The average molecular weight is 413 g/mol. The largest absolute Gasteiger partial charge is 0.331 e. The van der Waals surface area contributed by atoms with Gasteiger partial charge in [0.05, 0.1) is 5.69 Å². The van der Waals surface area contributed by atoms with Crippen molar-refractivity contribution in [3.8, 4) is 0 Å². The van der Waals surface area contributed by atoms with E-state index in [1.165, 1.54) is 0 Å². The van der Waals surface area contributed by atoms with Crippen molar-refractivity contribution < 1.29 is 0 Å². The molecule has 0 atom stereocenters. The number of thiazole rings is 1. The number of nitrogens with one attached hydrogen (secondary N) is 1. The Hall–Kier alpha value is 0.0900. The number of nitrogens with zero attached hydrogens (tertiary/aromatic N) is 1. The fraction of sp³-hybridized carbons (Fsp3) is 0. The molecule has 1 heterocycles. The predicted octanol–water partition coefficient (Wildman–Crippen LogP) is 5.17. The van der Waals surface area contributed by atoms with Crippen LogP contribution in [0.5, 0.6) is 0 Å². The van der Waals surface area contributed by atoms with Gasteiger partial charge >= 0.3 is 0 Å². The van der Waals surface area contributed by atoms with E-state index >= 15 is 0 Å². The summed E-state index contributed by atoms with van der Waals surface area (Å²) in [6, 6.07) is 5.96. The minimum atomic E-state index is 0.848. The lowest BCUT2D eigenvalue weighted by atomic mass is 10.3. The molecule has 0 aliphatic rings. The van der Waals surface area contributed by atoms with Gasteiger partial charge < -0.3 is 5.32 Å². The number of halogens is 3. The second-order valence-electron chi connectivity index (χ2n) is 2.72. The summed E-state index contributed by atoms with van der Waals surface area (Å²) in [5.74, 6) is 0. The van der Waals surface area contributed by atoms with E-state index in [1.54, 1.807) is 11.3 Å². The van der Waals surface area contributed by atoms with Crippen molar-refractivity contribution in [1.82, 2.24) is 4.98 Å². The van der Waals surface area contributed by atoms with Gasteiger partial charge in [-0.15, -0.1) is 11.3 Å². The van der Waals surface area contributed by atoms with Gasteiger partial charge in [0.2, 0.25) is 0 Å².